The van der Waals surface area contributed by atoms with E-state index < -0.39 is 0 Å². The number of aldehydes is 1. The van der Waals surface area contributed by atoms with E-state index in [2.05, 4.69) is 22.0 Å². The fraction of sp³-hybridized carbons (Fsp3) is 0.292. The van der Waals surface area contributed by atoms with Crippen LogP contribution in [-0.2, 0) is 9.53 Å². The fourth-order valence-corrected chi connectivity index (χ4v) is 4.28. The third kappa shape index (κ3) is 6.06. The largest absolute Gasteiger partial charge is 0.463 e. The minimum Gasteiger partial charge on any atom is -0.463 e. The molecule has 0 saturated carbocycles. The molecule has 1 aliphatic heterocycles. The molecular weight excluding hydrogens is 426 g/mol. The van der Waals surface area contributed by atoms with Gasteiger partial charge in [0.05, 0.1) is 16.9 Å². The number of Topliss-reactive ketones (excluding diaryl/α,β-unsaturated/α-hetero) is 1. The van der Waals surface area contributed by atoms with E-state index in [0.717, 1.165) is 30.0 Å². The lowest BCUT2D eigenvalue weighted by Crippen LogP contribution is -2.25. The third-order valence-corrected chi connectivity index (χ3v) is 6.10. The first-order chi connectivity index (χ1) is 15.7. The molecule has 0 unspecified atom stereocenters. The van der Waals surface area contributed by atoms with Crippen LogP contribution in [0.5, 0.6) is 0 Å². The van der Waals surface area contributed by atoms with E-state index in [9.17, 15) is 9.59 Å². The third-order valence-electron chi connectivity index (χ3n) is 4.98. The number of allylic oxidation sites excluding steroid dienone is 1. The van der Waals surface area contributed by atoms with Crippen LogP contribution in [0.4, 0.5) is 0 Å². The van der Waals surface area contributed by atoms with Crippen molar-refractivity contribution in [1.29, 1.82) is 0 Å². The van der Waals surface area contributed by atoms with Crippen LogP contribution < -0.4 is 5.32 Å². The summed E-state index contributed by atoms with van der Waals surface area (Å²) in [5.41, 5.74) is 2.16. The summed E-state index contributed by atoms with van der Waals surface area (Å²) in [6.45, 7) is 4.87. The van der Waals surface area contributed by atoms with E-state index in [4.69, 9.17) is 9.15 Å². The molecule has 3 heterocycles. The number of aromatic nitrogens is 1. The van der Waals surface area contributed by atoms with Crippen molar-refractivity contribution in [2.24, 2.45) is 10.9 Å². The number of furan rings is 1. The highest BCUT2D eigenvalue weighted by Crippen LogP contribution is 2.33. The first kappa shape index (κ1) is 23.7. The molecule has 2 N–H and O–H groups in total. The summed E-state index contributed by atoms with van der Waals surface area (Å²) in [4.78, 5) is 30.8. The van der Waals surface area contributed by atoms with Gasteiger partial charge in [0.2, 0.25) is 0 Å². The van der Waals surface area contributed by atoms with Crippen LogP contribution in [0.2, 0.25) is 0 Å². The van der Waals surface area contributed by atoms with Gasteiger partial charge >= 0.3 is 0 Å². The van der Waals surface area contributed by atoms with E-state index >= 15 is 0 Å². The Morgan fingerprint density at radius 2 is 2.06 bits per heavy atom. The lowest BCUT2D eigenvalue weighted by atomic mass is 9.94. The molecule has 0 radical (unpaired) electrons. The summed E-state index contributed by atoms with van der Waals surface area (Å²) in [7, 11) is 1.84. The maximum atomic E-state index is 12.8. The van der Waals surface area contributed by atoms with Crippen LogP contribution in [0, 0.1) is 5.92 Å². The summed E-state index contributed by atoms with van der Waals surface area (Å²) in [6.07, 6.45) is 3.90. The first-order valence-corrected chi connectivity index (χ1v) is 11.3. The maximum absolute atomic E-state index is 12.8. The van der Waals surface area contributed by atoms with Gasteiger partial charge in [0.25, 0.3) is 0 Å². The van der Waals surface area contributed by atoms with Gasteiger partial charge in [0, 0.05) is 35.9 Å². The molecule has 7 nitrogen and oxygen atoms in total. The number of aliphatic imine (C=N–C) groups is 1. The molecule has 168 valence electrons. The van der Waals surface area contributed by atoms with Crippen molar-refractivity contribution >= 4 is 47.1 Å². The number of nitrogens with zero attached hydrogens (tertiary/aromatic N) is 1. The molecule has 1 aliphatic rings. The topological polar surface area (TPSA) is 96.7 Å². The lowest BCUT2D eigenvalue weighted by molar-refractivity contribution is -0.121. The van der Waals surface area contributed by atoms with Crippen LogP contribution >= 0.6 is 11.8 Å². The van der Waals surface area contributed by atoms with Gasteiger partial charge in [-0.2, -0.15) is 0 Å². The lowest BCUT2D eigenvalue weighted by Gasteiger charge is -2.22. The highest BCUT2D eigenvalue weighted by Gasteiger charge is 2.28. The van der Waals surface area contributed by atoms with Crippen molar-refractivity contribution in [2.45, 2.75) is 12.8 Å². The second kappa shape index (κ2) is 12.2. The second-order valence-corrected chi connectivity index (χ2v) is 8.12. The highest BCUT2D eigenvalue weighted by atomic mass is 32.2. The number of nitrogens with one attached hydrogen (secondary N) is 2. The molecule has 8 heteroatoms. The number of ether oxygens (including phenoxy) is 1. The molecular formula is C24H27N3O4S. The Hall–Kier alpha value is -2.94. The number of ketones is 1. The maximum Gasteiger partial charge on any atom is 0.174 e. The van der Waals surface area contributed by atoms with Gasteiger partial charge in [-0.05, 0) is 50.9 Å². The Bertz CT molecular complexity index is 1030. The van der Waals surface area contributed by atoms with Crippen LogP contribution in [0.25, 0.3) is 16.6 Å². The summed E-state index contributed by atoms with van der Waals surface area (Å²) >= 11 is 1.44. The standard InChI is InChI=1S/C15H20N2O3S.C9H7NO/c1-16-10-21-15(13(17-2)12-4-3-7-20-12)14(18)11-5-8-19-9-6-11;11-6-8-5-7-3-1-2-4-9(7)10-8/h3-4,7,11,16H,2,5-6,8-10H2,1H3;1-6,10H/b15-13-;. The Morgan fingerprint density at radius 3 is 2.69 bits per heavy atom. The van der Waals surface area contributed by atoms with Crippen molar-refractivity contribution in [3.63, 3.8) is 0 Å². The molecule has 1 fully saturated rings. The van der Waals surface area contributed by atoms with Gasteiger partial charge in [0.1, 0.15) is 5.70 Å². The number of benzene rings is 1. The van der Waals surface area contributed by atoms with Crippen LogP contribution in [0.3, 0.4) is 0 Å². The molecule has 0 bridgehead atoms. The quantitative estimate of drug-likeness (QED) is 0.225. The van der Waals surface area contributed by atoms with Gasteiger partial charge in [-0.1, -0.05) is 18.2 Å². The summed E-state index contributed by atoms with van der Waals surface area (Å²) < 4.78 is 10.7. The minimum absolute atomic E-state index is 0.00943. The fourth-order valence-electron chi connectivity index (χ4n) is 3.38. The molecule has 3 aromatic rings. The highest BCUT2D eigenvalue weighted by molar-refractivity contribution is 8.04. The SMILES string of the molecule is C=N/C(=C(\SCNC)C(=O)C1CCOCC1)c1ccco1.O=Cc1cc2ccccc2[nH]1. The predicted molar refractivity (Wildman–Crippen MR) is 129 cm³/mol. The smallest absolute Gasteiger partial charge is 0.174 e. The summed E-state index contributed by atoms with van der Waals surface area (Å²) in [5.74, 6) is 1.30. The summed E-state index contributed by atoms with van der Waals surface area (Å²) in [6, 6.07) is 13.2. The Labute approximate surface area is 191 Å². The molecule has 32 heavy (non-hydrogen) atoms. The zero-order chi connectivity index (χ0) is 22.8. The van der Waals surface area contributed by atoms with Gasteiger partial charge in [-0.3, -0.25) is 14.6 Å². The second-order valence-electron chi connectivity index (χ2n) is 7.14. The number of carbonyl (C=O) groups is 2. The van der Waals surface area contributed by atoms with Crippen LogP contribution in [-0.4, -0.2) is 49.9 Å². The number of carbonyl (C=O) groups excluding carboxylic acids is 2. The van der Waals surface area contributed by atoms with Gasteiger partial charge in [0.15, 0.2) is 17.8 Å². The van der Waals surface area contributed by atoms with Crippen LogP contribution in [0.1, 0.15) is 29.1 Å². The number of hydrogen-bond donors (Lipinski definition) is 2. The molecule has 1 aromatic carbocycles. The van der Waals surface area contributed by atoms with E-state index in [1.165, 1.54) is 11.8 Å². The van der Waals surface area contributed by atoms with Crippen LogP contribution in [0.15, 0.2) is 63.0 Å². The molecule has 0 atom stereocenters. The van der Waals surface area contributed by atoms with Crippen molar-refractivity contribution in [2.75, 3.05) is 26.1 Å². The Kier molecular flexibility index (Phi) is 9.03. The number of para-hydroxylation sites is 1. The molecule has 0 aliphatic carbocycles. The molecule has 4 rings (SSSR count). The monoisotopic (exact) mass is 453 g/mol. The van der Waals surface area contributed by atoms with Crippen molar-refractivity contribution < 1.29 is 18.7 Å². The average molecular weight is 454 g/mol. The van der Waals surface area contributed by atoms with E-state index in [1.807, 2.05) is 37.4 Å². The average Bonchev–Trinajstić information content (AvgIpc) is 3.52. The number of H-pyrrole nitrogens is 1. The van der Waals surface area contributed by atoms with E-state index in [0.29, 0.717) is 41.1 Å². The van der Waals surface area contributed by atoms with Gasteiger partial charge in [-0.25, -0.2) is 0 Å². The van der Waals surface area contributed by atoms with E-state index in [1.54, 1.807) is 18.4 Å². The zero-order valence-corrected chi connectivity index (χ0v) is 18.8. The van der Waals surface area contributed by atoms with Crippen molar-refractivity contribution in [1.82, 2.24) is 10.3 Å². The number of hydrogen-bond acceptors (Lipinski definition) is 7. The van der Waals surface area contributed by atoms with Crippen molar-refractivity contribution in [3.05, 3.63) is 65.1 Å². The molecule has 1 saturated heterocycles. The minimum atomic E-state index is -0.00943. The predicted octanol–water partition coefficient (Wildman–Crippen LogP) is 4.54. The number of rotatable bonds is 8. The Morgan fingerprint density at radius 1 is 1.28 bits per heavy atom. The summed E-state index contributed by atoms with van der Waals surface area (Å²) in [5, 5.41) is 4.12. The van der Waals surface area contributed by atoms with Gasteiger partial charge < -0.3 is 19.5 Å². The zero-order valence-electron chi connectivity index (χ0n) is 18.0. The molecule has 0 spiro atoms. The van der Waals surface area contributed by atoms with Crippen molar-refractivity contribution in [3.8, 4) is 0 Å². The molecule has 0 amide bonds. The van der Waals surface area contributed by atoms with E-state index in [-0.39, 0.29) is 11.7 Å². The first-order valence-electron chi connectivity index (χ1n) is 10.3. The molecule has 2 aromatic heterocycles. The number of aromatic amines is 1. The number of fused-ring (bicyclic) bond motifs is 1. The number of thioether (sulfide) groups is 1. The van der Waals surface area contributed by atoms with Gasteiger partial charge in [-0.15, -0.1) is 11.8 Å². The normalized spacial score (nSPS) is 14.9. The Balaban J connectivity index is 0.000000219.